The van der Waals surface area contributed by atoms with Crippen LogP contribution in [0, 0.1) is 0 Å². The molecule has 0 fully saturated rings. The number of carbonyl (C=O) groups is 1. The van der Waals surface area contributed by atoms with Crippen LogP contribution in [-0.2, 0) is 20.6 Å². The second kappa shape index (κ2) is 6.47. The van der Waals surface area contributed by atoms with E-state index in [-0.39, 0.29) is 27.2 Å². The summed E-state index contributed by atoms with van der Waals surface area (Å²) in [5, 5.41) is 0. The van der Waals surface area contributed by atoms with Crippen LogP contribution >= 0.6 is 34.5 Å². The Kier molecular flexibility index (Phi) is 5.79. The highest BCUT2D eigenvalue weighted by molar-refractivity contribution is 7.92. The van der Waals surface area contributed by atoms with Crippen molar-refractivity contribution >= 4 is 61.0 Å². The van der Waals surface area contributed by atoms with E-state index in [1.807, 2.05) is 0 Å². The number of sulfone groups is 1. The van der Waals surface area contributed by atoms with Crippen molar-refractivity contribution in [2.24, 2.45) is 0 Å². The van der Waals surface area contributed by atoms with Crippen molar-refractivity contribution in [1.82, 2.24) is 0 Å². The van der Waals surface area contributed by atoms with Gasteiger partial charge in [0.15, 0.2) is 5.78 Å². The van der Waals surface area contributed by atoms with E-state index in [2.05, 4.69) is 0 Å². The molecule has 1 heterocycles. The molecule has 0 bridgehead atoms. The smallest absolute Gasteiger partial charge is 0.177 e. The monoisotopic (exact) mass is 348 g/mol. The summed E-state index contributed by atoms with van der Waals surface area (Å²) < 4.78 is 34.0. The van der Waals surface area contributed by atoms with Gasteiger partial charge in [-0.1, -0.05) is 23.2 Å². The first-order chi connectivity index (χ1) is 8.19. The molecular formula is C9H10Cl2O4S3. The highest BCUT2D eigenvalue weighted by Crippen LogP contribution is 2.31. The Bertz CT molecular complexity index is 577. The van der Waals surface area contributed by atoms with E-state index in [9.17, 15) is 17.4 Å². The van der Waals surface area contributed by atoms with Gasteiger partial charge >= 0.3 is 0 Å². The van der Waals surface area contributed by atoms with E-state index in [1.165, 1.54) is 6.07 Å². The first-order valence-electron chi connectivity index (χ1n) is 4.70. The summed E-state index contributed by atoms with van der Waals surface area (Å²) >= 11 is 12.5. The van der Waals surface area contributed by atoms with Crippen LogP contribution in [0.1, 0.15) is 10.4 Å². The summed E-state index contributed by atoms with van der Waals surface area (Å²) in [4.78, 5) is 11.7. The Hall–Kier alpha value is 0.0500. The number of Topliss-reactive ketones (excluding diaryl/α,β-unsaturated/α-hetero) is 1. The lowest BCUT2D eigenvalue weighted by atomic mass is 10.2. The molecule has 0 spiro atoms. The summed E-state index contributed by atoms with van der Waals surface area (Å²) in [6.07, 6.45) is 1.06. The second-order valence-corrected chi connectivity index (χ2v) is 9.70. The molecule has 1 atom stereocenters. The van der Waals surface area contributed by atoms with Gasteiger partial charge in [-0.2, -0.15) is 0 Å². The van der Waals surface area contributed by atoms with Gasteiger partial charge < -0.3 is 0 Å². The molecular weight excluding hydrogens is 339 g/mol. The van der Waals surface area contributed by atoms with Gasteiger partial charge in [0.1, 0.15) is 14.2 Å². The number of hydrogen-bond acceptors (Lipinski definition) is 5. The molecule has 0 saturated heterocycles. The largest absolute Gasteiger partial charge is 0.293 e. The van der Waals surface area contributed by atoms with Crippen LogP contribution in [0.5, 0.6) is 0 Å². The molecule has 1 rings (SSSR count). The predicted molar refractivity (Wildman–Crippen MR) is 76.3 cm³/mol. The lowest BCUT2D eigenvalue weighted by molar-refractivity contribution is 0.102. The highest BCUT2D eigenvalue weighted by Gasteiger charge is 2.17. The maximum Gasteiger partial charge on any atom is 0.177 e. The van der Waals surface area contributed by atoms with Crippen LogP contribution in [0.2, 0.25) is 8.67 Å². The van der Waals surface area contributed by atoms with Crippen LogP contribution in [0.15, 0.2) is 6.07 Å². The van der Waals surface area contributed by atoms with Gasteiger partial charge in [-0.3, -0.25) is 9.00 Å². The number of hydrogen-bond donors (Lipinski definition) is 0. The third-order valence-electron chi connectivity index (χ3n) is 1.93. The average molecular weight is 349 g/mol. The highest BCUT2D eigenvalue weighted by atomic mass is 35.5. The molecule has 1 aromatic heterocycles. The summed E-state index contributed by atoms with van der Waals surface area (Å²) in [5.74, 6) is -0.900. The summed E-state index contributed by atoms with van der Waals surface area (Å²) in [6.45, 7) is 0. The maximum atomic E-state index is 11.7. The summed E-state index contributed by atoms with van der Waals surface area (Å²) in [6, 6.07) is 1.42. The zero-order chi connectivity index (χ0) is 13.9. The zero-order valence-corrected chi connectivity index (χ0v) is 13.3. The Morgan fingerprint density at radius 2 is 2.06 bits per heavy atom. The maximum absolute atomic E-state index is 11.7. The molecule has 0 saturated carbocycles. The number of ketones is 1. The molecule has 0 radical (unpaired) electrons. The average Bonchev–Trinajstić information content (AvgIpc) is 2.54. The molecule has 0 amide bonds. The minimum atomic E-state index is -3.17. The van der Waals surface area contributed by atoms with E-state index in [1.54, 1.807) is 0 Å². The van der Waals surface area contributed by atoms with Crippen molar-refractivity contribution in [3.8, 4) is 0 Å². The molecule has 0 aliphatic heterocycles. The molecule has 0 aliphatic rings. The number of thiophene rings is 1. The van der Waals surface area contributed by atoms with Gasteiger partial charge in [0.25, 0.3) is 0 Å². The third kappa shape index (κ3) is 5.36. The van der Waals surface area contributed by atoms with Gasteiger partial charge in [-0.05, 0) is 6.07 Å². The predicted octanol–water partition coefficient (Wildman–Crippen LogP) is 2.03. The minimum absolute atomic E-state index is 0.0555. The van der Waals surface area contributed by atoms with Gasteiger partial charge in [-0.15, -0.1) is 11.3 Å². The van der Waals surface area contributed by atoms with Gasteiger partial charge in [0, 0.05) is 28.4 Å². The first-order valence-corrected chi connectivity index (χ1v) is 9.82. The van der Waals surface area contributed by atoms with Crippen molar-refractivity contribution < 1.29 is 17.4 Å². The fourth-order valence-electron chi connectivity index (χ4n) is 1.07. The molecule has 18 heavy (non-hydrogen) atoms. The van der Waals surface area contributed by atoms with Crippen molar-refractivity contribution in [1.29, 1.82) is 0 Å². The summed E-state index contributed by atoms with van der Waals surface area (Å²) in [5.41, 5.74) is 0.236. The van der Waals surface area contributed by atoms with E-state index in [0.717, 1.165) is 17.6 Å². The second-order valence-electron chi connectivity index (χ2n) is 3.58. The van der Waals surface area contributed by atoms with E-state index >= 15 is 0 Å². The number of rotatable bonds is 6. The van der Waals surface area contributed by atoms with Crippen LogP contribution in [0.3, 0.4) is 0 Å². The zero-order valence-electron chi connectivity index (χ0n) is 9.31. The molecule has 1 aromatic rings. The first kappa shape index (κ1) is 16.1. The topological polar surface area (TPSA) is 68.3 Å². The molecule has 4 nitrogen and oxygen atoms in total. The van der Waals surface area contributed by atoms with Crippen molar-refractivity contribution in [3.63, 3.8) is 0 Å². The van der Waals surface area contributed by atoms with Crippen LogP contribution in [0.25, 0.3) is 0 Å². The van der Waals surface area contributed by atoms with Crippen LogP contribution < -0.4 is 0 Å². The van der Waals surface area contributed by atoms with E-state index in [4.69, 9.17) is 23.2 Å². The Morgan fingerprint density at radius 3 is 2.50 bits per heavy atom. The molecule has 0 aliphatic carbocycles. The standard InChI is InChI=1S/C9H10Cl2O4S3/c1-18(14,15)3-2-17(13)5-7(12)6-4-8(10)16-9(6)11/h4H,2-3,5H2,1H3. The van der Waals surface area contributed by atoms with E-state index in [0.29, 0.717) is 4.34 Å². The Balaban J connectivity index is 2.60. The van der Waals surface area contributed by atoms with E-state index < -0.39 is 26.4 Å². The third-order valence-corrected chi connectivity index (χ3v) is 5.87. The molecule has 0 N–H and O–H groups in total. The lowest BCUT2D eigenvalue weighted by Crippen LogP contribution is -2.18. The number of halogens is 2. The van der Waals surface area contributed by atoms with Gasteiger partial charge in [0.2, 0.25) is 0 Å². The normalized spacial score (nSPS) is 13.5. The quantitative estimate of drug-likeness (QED) is 0.737. The van der Waals surface area contributed by atoms with Crippen molar-refractivity contribution in [2.75, 3.05) is 23.5 Å². The molecule has 9 heteroatoms. The Morgan fingerprint density at radius 1 is 1.44 bits per heavy atom. The minimum Gasteiger partial charge on any atom is -0.293 e. The fraction of sp³-hybridized carbons (Fsp3) is 0.444. The molecule has 102 valence electrons. The van der Waals surface area contributed by atoms with Crippen molar-refractivity contribution in [3.05, 3.63) is 20.3 Å². The van der Waals surface area contributed by atoms with Crippen LogP contribution in [-0.4, -0.2) is 41.9 Å². The van der Waals surface area contributed by atoms with Crippen LogP contribution in [0.4, 0.5) is 0 Å². The number of carbonyl (C=O) groups excluding carboxylic acids is 1. The van der Waals surface area contributed by atoms with Gasteiger partial charge in [0.05, 0.1) is 15.8 Å². The fourth-order valence-corrected chi connectivity index (χ4v) is 5.12. The molecule has 1 unspecified atom stereocenters. The van der Waals surface area contributed by atoms with Crippen molar-refractivity contribution in [2.45, 2.75) is 0 Å². The SMILES string of the molecule is CS(=O)(=O)CCS(=O)CC(=O)c1cc(Cl)sc1Cl. The lowest BCUT2D eigenvalue weighted by Gasteiger charge is -2.00. The van der Waals surface area contributed by atoms with Gasteiger partial charge in [-0.25, -0.2) is 8.42 Å². The Labute approximate surface area is 122 Å². The summed E-state index contributed by atoms with van der Waals surface area (Å²) in [7, 11) is -4.70. The molecule has 0 aromatic carbocycles.